The van der Waals surface area contributed by atoms with Crippen molar-refractivity contribution in [3.05, 3.63) is 22.8 Å². The summed E-state index contributed by atoms with van der Waals surface area (Å²) in [4.78, 5) is 11.6. The van der Waals surface area contributed by atoms with E-state index in [9.17, 15) is 9.90 Å². The summed E-state index contributed by atoms with van der Waals surface area (Å²) in [5.41, 5.74) is 2.53. The van der Waals surface area contributed by atoms with Crippen LogP contribution < -0.4 is 9.47 Å². The van der Waals surface area contributed by atoms with Crippen LogP contribution in [-0.2, 0) is 22.4 Å². The Labute approximate surface area is 118 Å². The molecule has 0 saturated heterocycles. The predicted molar refractivity (Wildman–Crippen MR) is 73.2 cm³/mol. The maximum Gasteiger partial charge on any atom is 0.339 e. The zero-order valence-corrected chi connectivity index (χ0v) is 12.1. The van der Waals surface area contributed by atoms with Crippen molar-refractivity contribution in [3.8, 4) is 11.5 Å². The minimum Gasteiger partial charge on any atom is -0.496 e. The van der Waals surface area contributed by atoms with Gasteiger partial charge in [0.25, 0.3) is 0 Å². The predicted octanol–water partition coefficient (Wildman–Crippen LogP) is 1.79. The van der Waals surface area contributed by atoms with Crippen molar-refractivity contribution in [2.75, 3.05) is 21.3 Å². The van der Waals surface area contributed by atoms with Crippen LogP contribution in [0.3, 0.4) is 0 Å². The molecular formula is C15H20O5. The number of aliphatic hydroxyl groups excluding tert-OH is 1. The van der Waals surface area contributed by atoms with Crippen molar-refractivity contribution >= 4 is 5.97 Å². The first-order valence-electron chi connectivity index (χ1n) is 6.66. The molecule has 0 saturated carbocycles. The molecule has 1 atom stereocenters. The van der Waals surface area contributed by atoms with Gasteiger partial charge in [0, 0.05) is 16.7 Å². The molecule has 20 heavy (non-hydrogen) atoms. The lowest BCUT2D eigenvalue weighted by atomic mass is 9.87. The number of fused-ring (bicyclic) bond motifs is 1. The normalized spacial score (nSPS) is 15.2. The number of rotatable bonds is 4. The molecule has 1 N–H and O–H groups in total. The molecule has 1 aliphatic carbocycles. The lowest BCUT2D eigenvalue weighted by molar-refractivity contribution is -0.150. The highest BCUT2D eigenvalue weighted by Crippen LogP contribution is 2.41. The van der Waals surface area contributed by atoms with Crippen LogP contribution in [0.2, 0.25) is 0 Å². The number of methoxy groups -OCH3 is 3. The Bertz CT molecular complexity index is 509. The van der Waals surface area contributed by atoms with E-state index in [2.05, 4.69) is 4.74 Å². The highest BCUT2D eigenvalue weighted by Gasteiger charge is 2.28. The van der Waals surface area contributed by atoms with E-state index < -0.39 is 12.1 Å². The Balaban J connectivity index is 2.59. The van der Waals surface area contributed by atoms with Gasteiger partial charge in [0.2, 0.25) is 0 Å². The van der Waals surface area contributed by atoms with Crippen molar-refractivity contribution < 1.29 is 24.1 Å². The van der Waals surface area contributed by atoms with Crippen molar-refractivity contribution in [1.82, 2.24) is 0 Å². The smallest absolute Gasteiger partial charge is 0.339 e. The SMILES string of the molecule is COC(=O)C(O)c1cc(OC)c2c(c1OC)CCCC2. The van der Waals surface area contributed by atoms with Gasteiger partial charge in [-0.05, 0) is 31.7 Å². The van der Waals surface area contributed by atoms with Gasteiger partial charge in [-0.25, -0.2) is 4.79 Å². The molecule has 5 heteroatoms. The maximum atomic E-state index is 11.6. The first kappa shape index (κ1) is 14.7. The van der Waals surface area contributed by atoms with Crippen LogP contribution in [0.5, 0.6) is 11.5 Å². The van der Waals surface area contributed by atoms with Gasteiger partial charge >= 0.3 is 5.97 Å². The third-order valence-electron chi connectivity index (χ3n) is 3.73. The second kappa shape index (κ2) is 6.13. The zero-order chi connectivity index (χ0) is 14.7. The highest BCUT2D eigenvalue weighted by atomic mass is 16.5. The quantitative estimate of drug-likeness (QED) is 0.852. The van der Waals surface area contributed by atoms with Crippen molar-refractivity contribution in [2.24, 2.45) is 0 Å². The fourth-order valence-electron chi connectivity index (χ4n) is 2.76. The molecule has 0 amide bonds. The summed E-state index contributed by atoms with van der Waals surface area (Å²) in [7, 11) is 4.38. The highest BCUT2D eigenvalue weighted by molar-refractivity contribution is 5.78. The van der Waals surface area contributed by atoms with Crippen LogP contribution in [-0.4, -0.2) is 32.4 Å². The lowest BCUT2D eigenvalue weighted by Gasteiger charge is -2.25. The van der Waals surface area contributed by atoms with E-state index in [1.165, 1.54) is 7.11 Å². The molecular weight excluding hydrogens is 260 g/mol. The number of hydrogen-bond donors (Lipinski definition) is 1. The van der Waals surface area contributed by atoms with Gasteiger partial charge in [-0.2, -0.15) is 0 Å². The fraction of sp³-hybridized carbons (Fsp3) is 0.533. The summed E-state index contributed by atoms with van der Waals surface area (Å²) in [6.07, 6.45) is 2.58. The number of ether oxygens (including phenoxy) is 3. The Morgan fingerprint density at radius 3 is 2.35 bits per heavy atom. The van der Waals surface area contributed by atoms with Crippen molar-refractivity contribution in [1.29, 1.82) is 0 Å². The van der Waals surface area contributed by atoms with E-state index in [1.807, 2.05) is 0 Å². The molecule has 0 heterocycles. The van der Waals surface area contributed by atoms with Crippen LogP contribution in [0, 0.1) is 0 Å². The van der Waals surface area contributed by atoms with Gasteiger partial charge in [0.05, 0.1) is 21.3 Å². The molecule has 0 aromatic heterocycles. The molecule has 0 spiro atoms. The summed E-state index contributed by atoms with van der Waals surface area (Å²) in [5.74, 6) is 0.554. The van der Waals surface area contributed by atoms with Gasteiger partial charge in [0.1, 0.15) is 11.5 Å². The Morgan fingerprint density at radius 2 is 1.80 bits per heavy atom. The minimum absolute atomic E-state index is 0.400. The van der Waals surface area contributed by atoms with Crippen molar-refractivity contribution in [3.63, 3.8) is 0 Å². The van der Waals surface area contributed by atoms with Gasteiger partial charge in [0.15, 0.2) is 6.10 Å². The van der Waals surface area contributed by atoms with E-state index >= 15 is 0 Å². The molecule has 110 valence electrons. The van der Waals surface area contributed by atoms with Gasteiger partial charge in [-0.15, -0.1) is 0 Å². The van der Waals surface area contributed by atoms with E-state index in [4.69, 9.17) is 9.47 Å². The van der Waals surface area contributed by atoms with Crippen LogP contribution in [0.1, 0.15) is 35.6 Å². The molecule has 0 bridgehead atoms. The topological polar surface area (TPSA) is 65.0 Å². The first-order chi connectivity index (χ1) is 9.63. The third-order valence-corrected chi connectivity index (χ3v) is 3.73. The van der Waals surface area contributed by atoms with Crippen LogP contribution >= 0.6 is 0 Å². The number of esters is 1. The second-order valence-electron chi connectivity index (χ2n) is 4.79. The standard InChI is InChI=1S/C15H20O5/c1-18-12-8-11(13(16)15(17)20-3)14(19-2)10-7-5-4-6-9(10)12/h8,13,16H,4-7H2,1-3H3. The molecule has 0 fully saturated rings. The molecule has 0 aliphatic heterocycles. The van der Waals surface area contributed by atoms with Crippen molar-refractivity contribution in [2.45, 2.75) is 31.8 Å². The maximum absolute atomic E-state index is 11.6. The molecule has 1 unspecified atom stereocenters. The van der Waals surface area contributed by atoms with Gasteiger partial charge in [-0.1, -0.05) is 0 Å². The summed E-state index contributed by atoms with van der Waals surface area (Å²) < 4.78 is 15.4. The largest absolute Gasteiger partial charge is 0.496 e. The molecule has 1 aliphatic rings. The van der Waals surface area contributed by atoms with Gasteiger partial charge in [-0.3, -0.25) is 0 Å². The molecule has 5 nitrogen and oxygen atoms in total. The second-order valence-corrected chi connectivity index (χ2v) is 4.79. The van der Waals surface area contributed by atoms with Gasteiger partial charge < -0.3 is 19.3 Å². The average molecular weight is 280 g/mol. The van der Waals surface area contributed by atoms with Crippen LogP contribution in [0.4, 0.5) is 0 Å². The number of benzene rings is 1. The minimum atomic E-state index is -1.36. The fourth-order valence-corrected chi connectivity index (χ4v) is 2.76. The molecule has 0 radical (unpaired) electrons. The third kappa shape index (κ3) is 2.45. The molecule has 2 rings (SSSR count). The molecule has 1 aromatic carbocycles. The van der Waals surface area contributed by atoms with E-state index in [0.29, 0.717) is 17.1 Å². The van der Waals surface area contributed by atoms with E-state index in [-0.39, 0.29) is 0 Å². The summed E-state index contributed by atoms with van der Waals surface area (Å²) in [5, 5.41) is 10.1. The molecule has 1 aromatic rings. The number of aliphatic hydroxyl groups is 1. The first-order valence-corrected chi connectivity index (χ1v) is 6.66. The number of carbonyl (C=O) groups excluding carboxylic acids is 1. The summed E-state index contributed by atoms with van der Waals surface area (Å²) >= 11 is 0. The zero-order valence-electron chi connectivity index (χ0n) is 12.1. The van der Waals surface area contributed by atoms with Crippen LogP contribution in [0.15, 0.2) is 6.07 Å². The number of carbonyl (C=O) groups is 1. The van der Waals surface area contributed by atoms with Crippen LogP contribution in [0.25, 0.3) is 0 Å². The number of hydrogen-bond acceptors (Lipinski definition) is 5. The average Bonchev–Trinajstić information content (AvgIpc) is 2.51. The Morgan fingerprint density at radius 1 is 1.15 bits per heavy atom. The summed E-state index contributed by atoms with van der Waals surface area (Å²) in [6.45, 7) is 0. The van der Waals surface area contributed by atoms with E-state index in [0.717, 1.165) is 36.8 Å². The lowest BCUT2D eigenvalue weighted by Crippen LogP contribution is -2.17. The summed E-state index contributed by atoms with van der Waals surface area (Å²) in [6, 6.07) is 1.67. The Hall–Kier alpha value is -1.75. The van der Waals surface area contributed by atoms with E-state index in [1.54, 1.807) is 20.3 Å². The monoisotopic (exact) mass is 280 g/mol. The Kier molecular flexibility index (Phi) is 4.49.